The lowest BCUT2D eigenvalue weighted by Gasteiger charge is -2.32. The van der Waals surface area contributed by atoms with Gasteiger partial charge >= 0.3 is 0 Å². The lowest BCUT2D eigenvalue weighted by atomic mass is 10.0. The van der Waals surface area contributed by atoms with E-state index in [1.54, 1.807) is 0 Å². The molecule has 1 aromatic carbocycles. The highest BCUT2D eigenvalue weighted by atomic mass is 16.2. The molecule has 0 bridgehead atoms. The summed E-state index contributed by atoms with van der Waals surface area (Å²) in [4.78, 5) is 16.5. The monoisotopic (exact) mass is 261 g/mol. The molecule has 2 rings (SSSR count). The van der Waals surface area contributed by atoms with Crippen molar-refractivity contribution in [2.24, 2.45) is 0 Å². The van der Waals surface area contributed by atoms with E-state index in [0.717, 1.165) is 37.2 Å². The van der Waals surface area contributed by atoms with E-state index >= 15 is 0 Å². The van der Waals surface area contributed by atoms with Gasteiger partial charge in [0.2, 0.25) is 0 Å². The van der Waals surface area contributed by atoms with Gasteiger partial charge in [-0.2, -0.15) is 0 Å². The molecule has 1 unspecified atom stereocenters. The third-order valence-corrected chi connectivity index (χ3v) is 3.73. The van der Waals surface area contributed by atoms with E-state index in [1.165, 1.54) is 0 Å². The summed E-state index contributed by atoms with van der Waals surface area (Å²) in [6.45, 7) is 1.67. The smallest absolute Gasteiger partial charge is 0.253 e. The molecule has 1 atom stereocenters. The number of hydrogen-bond donors (Lipinski definition) is 1. The maximum absolute atomic E-state index is 12.5. The van der Waals surface area contributed by atoms with Crippen LogP contribution in [0.2, 0.25) is 0 Å². The van der Waals surface area contributed by atoms with Crippen LogP contribution < -0.4 is 10.2 Å². The van der Waals surface area contributed by atoms with Crippen LogP contribution in [0.5, 0.6) is 0 Å². The van der Waals surface area contributed by atoms with Gasteiger partial charge in [-0.1, -0.05) is 6.07 Å². The van der Waals surface area contributed by atoms with Crippen molar-refractivity contribution in [3.05, 3.63) is 29.8 Å². The van der Waals surface area contributed by atoms with Crippen LogP contribution in [0.4, 0.5) is 5.69 Å². The fraction of sp³-hybridized carbons (Fsp3) is 0.533. The highest BCUT2D eigenvalue weighted by Gasteiger charge is 2.23. The van der Waals surface area contributed by atoms with E-state index in [2.05, 4.69) is 5.32 Å². The van der Waals surface area contributed by atoms with Gasteiger partial charge in [-0.25, -0.2) is 0 Å². The molecule has 1 heterocycles. The van der Waals surface area contributed by atoms with Crippen molar-refractivity contribution < 1.29 is 4.79 Å². The maximum Gasteiger partial charge on any atom is 0.253 e. The van der Waals surface area contributed by atoms with E-state index in [-0.39, 0.29) is 5.91 Å². The first-order valence-corrected chi connectivity index (χ1v) is 6.85. The molecule has 1 aliphatic heterocycles. The number of amides is 1. The number of likely N-dealkylation sites (tertiary alicyclic amines) is 1. The highest BCUT2D eigenvalue weighted by molar-refractivity contribution is 5.95. The first kappa shape index (κ1) is 13.9. The van der Waals surface area contributed by atoms with E-state index in [1.807, 2.05) is 55.2 Å². The number of rotatable bonds is 3. The van der Waals surface area contributed by atoms with Gasteiger partial charge in [-0.3, -0.25) is 4.79 Å². The Morgan fingerprint density at radius 1 is 1.42 bits per heavy atom. The van der Waals surface area contributed by atoms with Crippen LogP contribution in [0, 0.1) is 0 Å². The number of likely N-dealkylation sites (N-methyl/N-ethyl adjacent to an activating group) is 1. The number of nitrogens with one attached hydrogen (secondary N) is 1. The van der Waals surface area contributed by atoms with Crippen molar-refractivity contribution in [3.63, 3.8) is 0 Å². The van der Waals surface area contributed by atoms with Crippen molar-refractivity contribution in [2.75, 3.05) is 39.1 Å². The molecule has 4 nitrogen and oxygen atoms in total. The third kappa shape index (κ3) is 3.26. The Kier molecular flexibility index (Phi) is 4.43. The van der Waals surface area contributed by atoms with Crippen LogP contribution in [0.15, 0.2) is 24.3 Å². The first-order chi connectivity index (χ1) is 9.11. The van der Waals surface area contributed by atoms with Crippen LogP contribution in [0.3, 0.4) is 0 Å². The van der Waals surface area contributed by atoms with E-state index in [4.69, 9.17) is 0 Å². The fourth-order valence-corrected chi connectivity index (χ4v) is 2.50. The largest absolute Gasteiger partial charge is 0.378 e. The molecule has 1 aliphatic rings. The summed E-state index contributed by atoms with van der Waals surface area (Å²) in [5.74, 6) is 0.142. The number of carbonyl (C=O) groups excluding carboxylic acids is 1. The number of anilines is 1. The minimum absolute atomic E-state index is 0.142. The quantitative estimate of drug-likeness (QED) is 0.897. The second kappa shape index (κ2) is 6.06. The molecule has 1 saturated heterocycles. The van der Waals surface area contributed by atoms with Gasteiger partial charge in [0.1, 0.15) is 0 Å². The molecule has 0 aliphatic carbocycles. The van der Waals surface area contributed by atoms with Crippen LogP contribution in [-0.4, -0.2) is 51.1 Å². The Morgan fingerprint density at radius 3 is 2.89 bits per heavy atom. The normalized spacial score (nSPS) is 19.3. The molecule has 1 aromatic rings. The number of piperidine rings is 1. The van der Waals surface area contributed by atoms with E-state index in [9.17, 15) is 4.79 Å². The summed E-state index contributed by atoms with van der Waals surface area (Å²) < 4.78 is 0. The maximum atomic E-state index is 12.5. The molecule has 0 radical (unpaired) electrons. The zero-order valence-corrected chi connectivity index (χ0v) is 12.0. The van der Waals surface area contributed by atoms with Gasteiger partial charge in [0.25, 0.3) is 5.91 Å². The number of benzene rings is 1. The number of carbonyl (C=O) groups is 1. The molecule has 4 heteroatoms. The van der Waals surface area contributed by atoms with Crippen LogP contribution in [0.25, 0.3) is 0 Å². The molecule has 0 saturated carbocycles. The molecular weight excluding hydrogens is 238 g/mol. The van der Waals surface area contributed by atoms with Crippen molar-refractivity contribution >= 4 is 11.6 Å². The average molecular weight is 261 g/mol. The second-order valence-corrected chi connectivity index (χ2v) is 5.32. The average Bonchev–Trinajstić information content (AvgIpc) is 2.46. The van der Waals surface area contributed by atoms with Crippen LogP contribution in [0.1, 0.15) is 23.2 Å². The lowest BCUT2D eigenvalue weighted by Crippen LogP contribution is -2.46. The van der Waals surface area contributed by atoms with Crippen molar-refractivity contribution in [1.29, 1.82) is 0 Å². The highest BCUT2D eigenvalue weighted by Crippen LogP contribution is 2.17. The summed E-state index contributed by atoms with van der Waals surface area (Å²) in [6, 6.07) is 8.25. The molecule has 0 aromatic heterocycles. The summed E-state index contributed by atoms with van der Waals surface area (Å²) >= 11 is 0. The predicted molar refractivity (Wildman–Crippen MR) is 78.8 cm³/mol. The summed E-state index contributed by atoms with van der Waals surface area (Å²) in [5.41, 5.74) is 1.84. The van der Waals surface area contributed by atoms with Gasteiger partial charge in [-0.15, -0.1) is 0 Å². The van der Waals surface area contributed by atoms with Gasteiger partial charge in [0.15, 0.2) is 0 Å². The van der Waals surface area contributed by atoms with Crippen LogP contribution >= 0.6 is 0 Å². The summed E-state index contributed by atoms with van der Waals surface area (Å²) in [5, 5.41) is 3.27. The third-order valence-electron chi connectivity index (χ3n) is 3.73. The standard InChI is InChI=1S/C15H23N3O/c1-16-13-7-5-9-18(11-13)15(19)12-6-4-8-14(10-12)17(2)3/h4,6,8,10,13,16H,5,7,9,11H2,1-3H3. The minimum atomic E-state index is 0.142. The van der Waals surface area contributed by atoms with Crippen LogP contribution in [-0.2, 0) is 0 Å². The number of nitrogens with zero attached hydrogens (tertiary/aromatic N) is 2. The zero-order valence-electron chi connectivity index (χ0n) is 12.0. The Morgan fingerprint density at radius 2 is 2.21 bits per heavy atom. The number of hydrogen-bond acceptors (Lipinski definition) is 3. The Hall–Kier alpha value is -1.55. The molecule has 0 spiro atoms. The Labute approximate surface area is 115 Å². The molecular formula is C15H23N3O. The SMILES string of the molecule is CNC1CCCN(C(=O)c2cccc(N(C)C)c2)C1. The molecule has 1 fully saturated rings. The fourth-order valence-electron chi connectivity index (χ4n) is 2.50. The Bertz CT molecular complexity index is 445. The van der Waals surface area contributed by atoms with Crippen molar-refractivity contribution in [2.45, 2.75) is 18.9 Å². The summed E-state index contributed by atoms with van der Waals surface area (Å²) in [7, 11) is 5.94. The topological polar surface area (TPSA) is 35.6 Å². The lowest BCUT2D eigenvalue weighted by molar-refractivity contribution is 0.0698. The Balaban J connectivity index is 2.12. The molecule has 104 valence electrons. The predicted octanol–water partition coefficient (Wildman–Crippen LogP) is 1.58. The van der Waals surface area contributed by atoms with Gasteiger partial charge in [0.05, 0.1) is 0 Å². The van der Waals surface area contributed by atoms with Gasteiger partial charge < -0.3 is 15.1 Å². The van der Waals surface area contributed by atoms with Crippen molar-refractivity contribution in [1.82, 2.24) is 10.2 Å². The zero-order chi connectivity index (χ0) is 13.8. The van der Waals surface area contributed by atoms with Crippen molar-refractivity contribution in [3.8, 4) is 0 Å². The summed E-state index contributed by atoms with van der Waals surface area (Å²) in [6.07, 6.45) is 2.22. The molecule has 19 heavy (non-hydrogen) atoms. The van der Waals surface area contributed by atoms with Gasteiger partial charge in [0, 0.05) is 44.5 Å². The van der Waals surface area contributed by atoms with E-state index < -0.39 is 0 Å². The molecule has 1 N–H and O–H groups in total. The van der Waals surface area contributed by atoms with E-state index in [0.29, 0.717) is 6.04 Å². The minimum Gasteiger partial charge on any atom is -0.378 e. The first-order valence-electron chi connectivity index (χ1n) is 6.85. The second-order valence-electron chi connectivity index (χ2n) is 5.32. The molecule has 1 amide bonds. The van der Waals surface area contributed by atoms with Gasteiger partial charge in [-0.05, 0) is 38.1 Å².